The highest BCUT2D eigenvalue weighted by Crippen LogP contribution is 2.23. The van der Waals surface area contributed by atoms with Gasteiger partial charge in [0.2, 0.25) is 5.91 Å². The van der Waals surface area contributed by atoms with Gasteiger partial charge in [-0.2, -0.15) is 0 Å². The molecule has 0 fully saturated rings. The Labute approximate surface area is 154 Å². The Morgan fingerprint density at radius 3 is 2.58 bits per heavy atom. The normalized spacial score (nSPS) is 10.3. The van der Waals surface area contributed by atoms with Crippen LogP contribution in [0.25, 0.3) is 0 Å². The van der Waals surface area contributed by atoms with Crippen molar-refractivity contribution in [1.82, 2.24) is 5.32 Å². The molecule has 0 unspecified atom stereocenters. The molecule has 0 saturated carbocycles. The van der Waals surface area contributed by atoms with Crippen LogP contribution in [0.1, 0.15) is 40.4 Å². The van der Waals surface area contributed by atoms with Crippen LogP contribution in [0.4, 0.5) is 5.69 Å². The minimum absolute atomic E-state index is 0.153. The van der Waals surface area contributed by atoms with Gasteiger partial charge in [-0.15, -0.1) is 0 Å². The topological polar surface area (TPSA) is 67.4 Å². The minimum Gasteiger partial charge on any atom is -0.493 e. The third-order valence-corrected chi connectivity index (χ3v) is 4.10. The molecule has 0 aliphatic carbocycles. The Balaban J connectivity index is 1.90. The van der Waals surface area contributed by atoms with Gasteiger partial charge in [-0.3, -0.25) is 9.59 Å². The number of anilines is 1. The zero-order valence-electron chi connectivity index (χ0n) is 15.8. The summed E-state index contributed by atoms with van der Waals surface area (Å²) in [6, 6.07) is 11.0. The van der Waals surface area contributed by atoms with Gasteiger partial charge in [0.15, 0.2) is 0 Å². The van der Waals surface area contributed by atoms with Gasteiger partial charge in [0.05, 0.1) is 13.0 Å². The van der Waals surface area contributed by atoms with Crippen molar-refractivity contribution >= 4 is 17.5 Å². The van der Waals surface area contributed by atoms with E-state index in [4.69, 9.17) is 4.74 Å². The number of carbonyl (C=O) groups excluding carboxylic acids is 2. The van der Waals surface area contributed by atoms with Crippen molar-refractivity contribution in [3.8, 4) is 5.75 Å². The zero-order valence-corrected chi connectivity index (χ0v) is 15.8. The van der Waals surface area contributed by atoms with Crippen molar-refractivity contribution in [2.75, 3.05) is 18.5 Å². The molecule has 5 nitrogen and oxygen atoms in total. The number of benzene rings is 2. The first-order chi connectivity index (χ1) is 12.4. The molecule has 0 aliphatic heterocycles. The Morgan fingerprint density at radius 2 is 1.85 bits per heavy atom. The van der Waals surface area contributed by atoms with Crippen molar-refractivity contribution in [3.05, 3.63) is 58.7 Å². The summed E-state index contributed by atoms with van der Waals surface area (Å²) in [5.41, 5.74) is 4.51. The minimum atomic E-state index is -0.155. The second kappa shape index (κ2) is 9.04. The highest BCUT2D eigenvalue weighted by Gasteiger charge is 2.09. The summed E-state index contributed by atoms with van der Waals surface area (Å²) in [5.74, 6) is 0.505. The predicted octanol–water partition coefficient (Wildman–Crippen LogP) is 3.77. The number of aryl methyl sites for hydroxylation is 2. The molecule has 2 amide bonds. The van der Waals surface area contributed by atoms with E-state index >= 15 is 0 Å². The van der Waals surface area contributed by atoms with Crippen LogP contribution in [0, 0.1) is 20.8 Å². The lowest BCUT2D eigenvalue weighted by molar-refractivity contribution is -0.116. The van der Waals surface area contributed by atoms with Crippen LogP contribution in [0.3, 0.4) is 0 Å². The maximum atomic E-state index is 12.1. The Bertz CT molecular complexity index is 800. The Kier molecular flexibility index (Phi) is 6.78. The summed E-state index contributed by atoms with van der Waals surface area (Å²) in [7, 11) is 0. The molecule has 0 atom stereocenters. The van der Waals surface area contributed by atoms with Gasteiger partial charge in [-0.05, 0) is 68.7 Å². The largest absolute Gasteiger partial charge is 0.493 e. The summed E-state index contributed by atoms with van der Waals surface area (Å²) < 4.78 is 5.78. The lowest BCUT2D eigenvalue weighted by atomic mass is 10.1. The van der Waals surface area contributed by atoms with Crippen molar-refractivity contribution in [2.24, 2.45) is 0 Å². The third-order valence-electron chi connectivity index (χ3n) is 4.10. The molecule has 2 N–H and O–H groups in total. The third kappa shape index (κ3) is 5.34. The summed E-state index contributed by atoms with van der Waals surface area (Å²) >= 11 is 0. The van der Waals surface area contributed by atoms with Crippen LogP contribution < -0.4 is 15.4 Å². The van der Waals surface area contributed by atoms with Gasteiger partial charge >= 0.3 is 0 Å². The molecule has 0 radical (unpaired) electrons. The van der Waals surface area contributed by atoms with E-state index in [0.717, 1.165) is 16.9 Å². The molecule has 2 aromatic rings. The van der Waals surface area contributed by atoms with Crippen LogP contribution in [-0.2, 0) is 4.79 Å². The monoisotopic (exact) mass is 354 g/mol. The van der Waals surface area contributed by atoms with Crippen LogP contribution in [0.2, 0.25) is 0 Å². The molecule has 0 heterocycles. The lowest BCUT2D eigenvalue weighted by Gasteiger charge is -2.12. The van der Waals surface area contributed by atoms with Gasteiger partial charge in [0.1, 0.15) is 5.75 Å². The molecule has 0 spiro atoms. The summed E-state index contributed by atoms with van der Waals surface area (Å²) in [5, 5.41) is 5.54. The first-order valence-electron chi connectivity index (χ1n) is 8.79. The van der Waals surface area contributed by atoms with E-state index in [2.05, 4.69) is 16.7 Å². The van der Waals surface area contributed by atoms with E-state index in [1.165, 1.54) is 5.56 Å². The SMILES string of the molecule is CCNC(=O)c1cccc(NC(=O)CCOc2cc(C)cc(C)c2C)c1. The van der Waals surface area contributed by atoms with Crippen molar-refractivity contribution < 1.29 is 14.3 Å². The molecule has 138 valence electrons. The first-order valence-corrected chi connectivity index (χ1v) is 8.79. The van der Waals surface area contributed by atoms with Crippen LogP contribution in [0.5, 0.6) is 5.75 Å². The highest BCUT2D eigenvalue weighted by molar-refractivity contribution is 5.97. The fraction of sp³-hybridized carbons (Fsp3) is 0.333. The number of amides is 2. The van der Waals surface area contributed by atoms with E-state index < -0.39 is 0 Å². The molecule has 5 heteroatoms. The van der Waals surface area contributed by atoms with E-state index in [1.807, 2.05) is 33.8 Å². The van der Waals surface area contributed by atoms with Crippen LogP contribution in [-0.4, -0.2) is 25.0 Å². The molecule has 0 aliphatic rings. The van der Waals surface area contributed by atoms with E-state index in [1.54, 1.807) is 24.3 Å². The maximum absolute atomic E-state index is 12.1. The van der Waals surface area contributed by atoms with Crippen molar-refractivity contribution in [3.63, 3.8) is 0 Å². The van der Waals surface area contributed by atoms with E-state index in [-0.39, 0.29) is 18.2 Å². The summed E-state index contributed by atoms with van der Waals surface area (Å²) in [4.78, 5) is 24.0. The van der Waals surface area contributed by atoms with Gasteiger partial charge in [0.25, 0.3) is 5.91 Å². The van der Waals surface area contributed by atoms with Crippen LogP contribution >= 0.6 is 0 Å². The number of nitrogens with one attached hydrogen (secondary N) is 2. The number of rotatable bonds is 7. The zero-order chi connectivity index (χ0) is 19.1. The number of ether oxygens (including phenoxy) is 1. The Hall–Kier alpha value is -2.82. The number of hydrogen-bond acceptors (Lipinski definition) is 3. The van der Waals surface area contributed by atoms with E-state index in [0.29, 0.717) is 24.4 Å². The standard InChI is InChI=1S/C21H26N2O3/c1-5-22-21(25)17-7-6-8-18(13-17)23-20(24)9-10-26-19-12-14(2)11-15(3)16(19)4/h6-8,11-13H,5,9-10H2,1-4H3,(H,22,25)(H,23,24). The van der Waals surface area contributed by atoms with Crippen molar-refractivity contribution in [2.45, 2.75) is 34.1 Å². The molecule has 0 aromatic heterocycles. The second-order valence-corrected chi connectivity index (χ2v) is 6.29. The quantitative estimate of drug-likeness (QED) is 0.795. The fourth-order valence-electron chi connectivity index (χ4n) is 2.63. The van der Waals surface area contributed by atoms with E-state index in [9.17, 15) is 9.59 Å². The van der Waals surface area contributed by atoms with Gasteiger partial charge in [-0.1, -0.05) is 12.1 Å². The van der Waals surface area contributed by atoms with Crippen LogP contribution in [0.15, 0.2) is 36.4 Å². The highest BCUT2D eigenvalue weighted by atomic mass is 16.5. The lowest BCUT2D eigenvalue weighted by Crippen LogP contribution is -2.23. The fourth-order valence-corrected chi connectivity index (χ4v) is 2.63. The summed E-state index contributed by atoms with van der Waals surface area (Å²) in [6.07, 6.45) is 0.234. The molecule has 2 aromatic carbocycles. The average Bonchev–Trinajstić information content (AvgIpc) is 2.59. The molecule has 26 heavy (non-hydrogen) atoms. The molecule has 2 rings (SSSR count). The van der Waals surface area contributed by atoms with Gasteiger partial charge in [-0.25, -0.2) is 0 Å². The molecular formula is C21H26N2O3. The van der Waals surface area contributed by atoms with Gasteiger partial charge in [0, 0.05) is 17.8 Å². The average molecular weight is 354 g/mol. The summed E-state index contributed by atoms with van der Waals surface area (Å²) in [6.45, 7) is 8.80. The van der Waals surface area contributed by atoms with Gasteiger partial charge < -0.3 is 15.4 Å². The smallest absolute Gasteiger partial charge is 0.251 e. The molecule has 0 saturated heterocycles. The predicted molar refractivity (Wildman–Crippen MR) is 104 cm³/mol. The number of carbonyl (C=O) groups is 2. The first kappa shape index (κ1) is 19.5. The molecule has 0 bridgehead atoms. The van der Waals surface area contributed by atoms with Crippen molar-refractivity contribution in [1.29, 1.82) is 0 Å². The second-order valence-electron chi connectivity index (χ2n) is 6.29. The maximum Gasteiger partial charge on any atom is 0.251 e. The molecular weight excluding hydrogens is 328 g/mol. The number of hydrogen-bond donors (Lipinski definition) is 2. The Morgan fingerprint density at radius 1 is 1.08 bits per heavy atom.